The molecule has 0 unspecified atom stereocenters. The molecular weight excluding hydrogens is 418 g/mol. The van der Waals surface area contributed by atoms with E-state index in [0.717, 1.165) is 74.3 Å². The van der Waals surface area contributed by atoms with E-state index in [4.69, 9.17) is 15.2 Å². The number of likely N-dealkylation sites (tertiary alicyclic amines) is 1. The number of aryl methyl sites for hydroxylation is 1. The summed E-state index contributed by atoms with van der Waals surface area (Å²) in [6.07, 6.45) is 8.67. The number of hydrogen-bond acceptors (Lipinski definition) is 5. The molecule has 7 nitrogen and oxygen atoms in total. The van der Waals surface area contributed by atoms with Crippen molar-refractivity contribution in [2.75, 3.05) is 33.9 Å². The minimum absolute atomic E-state index is 0.0137. The van der Waals surface area contributed by atoms with Gasteiger partial charge >= 0.3 is 0 Å². The van der Waals surface area contributed by atoms with E-state index in [-0.39, 0.29) is 11.7 Å². The van der Waals surface area contributed by atoms with Gasteiger partial charge in [0, 0.05) is 49.2 Å². The van der Waals surface area contributed by atoms with Crippen LogP contribution in [-0.4, -0.2) is 55.0 Å². The molecule has 2 aromatic rings. The van der Waals surface area contributed by atoms with Crippen molar-refractivity contribution in [2.45, 2.75) is 45.1 Å². The summed E-state index contributed by atoms with van der Waals surface area (Å²) in [7, 11) is 3.21. The van der Waals surface area contributed by atoms with E-state index in [1.807, 2.05) is 12.1 Å². The van der Waals surface area contributed by atoms with E-state index in [1.165, 1.54) is 5.56 Å². The van der Waals surface area contributed by atoms with Crippen LogP contribution in [0.2, 0.25) is 0 Å². The lowest BCUT2D eigenvalue weighted by Crippen LogP contribution is -2.36. The summed E-state index contributed by atoms with van der Waals surface area (Å²) in [6, 6.07) is 6.31. The molecule has 33 heavy (non-hydrogen) atoms. The number of amides is 1. The second kappa shape index (κ2) is 9.83. The Morgan fingerprint density at radius 2 is 1.82 bits per heavy atom. The number of carbonyl (C=O) groups excluding carboxylic acids is 2. The Labute approximate surface area is 195 Å². The minimum atomic E-state index is -0.315. The van der Waals surface area contributed by atoms with Crippen LogP contribution >= 0.6 is 0 Å². The molecule has 1 aliphatic heterocycles. The molecule has 0 radical (unpaired) electrons. The monoisotopic (exact) mass is 451 g/mol. The molecule has 0 spiro atoms. The Balaban J connectivity index is 1.40. The molecule has 0 saturated carbocycles. The van der Waals surface area contributed by atoms with Crippen molar-refractivity contribution in [3.63, 3.8) is 0 Å². The van der Waals surface area contributed by atoms with Gasteiger partial charge in [-0.2, -0.15) is 0 Å². The SMILES string of the molecule is COc1cc(OC)c(C(C)=O)cc1CCN1CCC(n2ccc3c2C=C(C(N)=O)CC3)CC1. The van der Waals surface area contributed by atoms with Crippen molar-refractivity contribution < 1.29 is 19.1 Å². The third-order valence-corrected chi connectivity index (χ3v) is 6.96. The van der Waals surface area contributed by atoms with E-state index in [1.54, 1.807) is 27.2 Å². The van der Waals surface area contributed by atoms with E-state index in [2.05, 4.69) is 21.7 Å². The summed E-state index contributed by atoms with van der Waals surface area (Å²) in [5, 5.41) is 0. The maximum Gasteiger partial charge on any atom is 0.244 e. The third kappa shape index (κ3) is 4.83. The van der Waals surface area contributed by atoms with Gasteiger partial charge in [0.2, 0.25) is 5.91 Å². The topological polar surface area (TPSA) is 86.8 Å². The van der Waals surface area contributed by atoms with Gasteiger partial charge in [-0.15, -0.1) is 0 Å². The first-order chi connectivity index (χ1) is 15.9. The Kier molecular flexibility index (Phi) is 6.88. The average molecular weight is 452 g/mol. The highest BCUT2D eigenvalue weighted by Gasteiger charge is 2.25. The number of hydrogen-bond donors (Lipinski definition) is 1. The van der Waals surface area contributed by atoms with Gasteiger partial charge in [-0.1, -0.05) is 0 Å². The molecule has 1 aliphatic carbocycles. The third-order valence-electron chi connectivity index (χ3n) is 6.96. The van der Waals surface area contributed by atoms with Crippen LogP contribution in [0.5, 0.6) is 11.5 Å². The van der Waals surface area contributed by atoms with Crippen LogP contribution in [-0.2, 0) is 17.6 Å². The molecule has 7 heteroatoms. The highest BCUT2D eigenvalue weighted by atomic mass is 16.5. The Hall–Kier alpha value is -3.06. The predicted molar refractivity (Wildman–Crippen MR) is 128 cm³/mol. The fourth-order valence-electron chi connectivity index (χ4n) is 5.03. The summed E-state index contributed by atoms with van der Waals surface area (Å²) in [5.41, 5.74) is 10.3. The summed E-state index contributed by atoms with van der Waals surface area (Å²) < 4.78 is 13.3. The Morgan fingerprint density at radius 3 is 2.45 bits per heavy atom. The molecular formula is C26H33N3O4. The van der Waals surface area contributed by atoms with Crippen LogP contribution in [0.4, 0.5) is 0 Å². The number of Topliss-reactive ketones (excluding diaryl/α,β-unsaturated/α-hetero) is 1. The number of rotatable bonds is 8. The zero-order chi connectivity index (χ0) is 23.5. The van der Waals surface area contributed by atoms with Crippen LogP contribution in [0.25, 0.3) is 6.08 Å². The fourth-order valence-corrected chi connectivity index (χ4v) is 5.03. The molecule has 2 aliphatic rings. The number of aromatic nitrogens is 1. The van der Waals surface area contributed by atoms with Crippen LogP contribution in [0, 0.1) is 0 Å². The zero-order valence-corrected chi connectivity index (χ0v) is 19.7. The van der Waals surface area contributed by atoms with Crippen LogP contribution in [0.3, 0.4) is 0 Å². The molecule has 0 atom stereocenters. The number of benzene rings is 1. The van der Waals surface area contributed by atoms with Gasteiger partial charge in [-0.05, 0) is 68.4 Å². The van der Waals surface area contributed by atoms with Crippen molar-refractivity contribution in [1.82, 2.24) is 9.47 Å². The van der Waals surface area contributed by atoms with E-state index in [0.29, 0.717) is 17.4 Å². The first-order valence-corrected chi connectivity index (χ1v) is 11.6. The summed E-state index contributed by atoms with van der Waals surface area (Å²) >= 11 is 0. The predicted octanol–water partition coefficient (Wildman–Crippen LogP) is 3.40. The Bertz CT molecular complexity index is 1080. The van der Waals surface area contributed by atoms with Crippen LogP contribution < -0.4 is 15.2 Å². The largest absolute Gasteiger partial charge is 0.496 e. The normalized spacial score (nSPS) is 16.8. The van der Waals surface area contributed by atoms with Crippen LogP contribution in [0.15, 0.2) is 30.0 Å². The number of ether oxygens (including phenoxy) is 2. The van der Waals surface area contributed by atoms with Crippen molar-refractivity contribution >= 4 is 17.8 Å². The number of nitrogens with zero attached hydrogens (tertiary/aromatic N) is 2. The number of methoxy groups -OCH3 is 2. The lowest BCUT2D eigenvalue weighted by atomic mass is 9.96. The first kappa shape index (κ1) is 23.1. The van der Waals surface area contributed by atoms with Crippen molar-refractivity contribution in [3.8, 4) is 11.5 Å². The minimum Gasteiger partial charge on any atom is -0.496 e. The van der Waals surface area contributed by atoms with Gasteiger partial charge in [0.25, 0.3) is 0 Å². The smallest absolute Gasteiger partial charge is 0.244 e. The number of piperidine rings is 1. The quantitative estimate of drug-likeness (QED) is 0.622. The molecule has 1 fully saturated rings. The van der Waals surface area contributed by atoms with Gasteiger partial charge in [0.05, 0.1) is 19.8 Å². The summed E-state index contributed by atoms with van der Waals surface area (Å²) in [6.45, 7) is 4.47. The number of ketones is 1. The van der Waals surface area contributed by atoms with E-state index >= 15 is 0 Å². The van der Waals surface area contributed by atoms with Crippen molar-refractivity contribution in [3.05, 3.63) is 52.4 Å². The van der Waals surface area contributed by atoms with Gasteiger partial charge < -0.3 is 24.7 Å². The number of nitrogens with two attached hydrogens (primary N) is 1. The van der Waals surface area contributed by atoms with Gasteiger partial charge in [0.15, 0.2) is 5.78 Å². The lowest BCUT2D eigenvalue weighted by Gasteiger charge is -2.34. The van der Waals surface area contributed by atoms with Gasteiger partial charge in [-0.3, -0.25) is 9.59 Å². The van der Waals surface area contributed by atoms with Gasteiger partial charge in [-0.25, -0.2) is 0 Å². The van der Waals surface area contributed by atoms with Crippen molar-refractivity contribution in [1.29, 1.82) is 0 Å². The maximum absolute atomic E-state index is 12.0. The molecule has 1 amide bonds. The average Bonchev–Trinajstić information content (AvgIpc) is 3.25. The molecule has 1 aromatic carbocycles. The second-order valence-corrected chi connectivity index (χ2v) is 8.91. The van der Waals surface area contributed by atoms with Crippen LogP contribution in [0.1, 0.15) is 59.4 Å². The van der Waals surface area contributed by atoms with E-state index in [9.17, 15) is 9.59 Å². The molecule has 2 N–H and O–H groups in total. The molecule has 0 bridgehead atoms. The number of primary amides is 1. The molecule has 176 valence electrons. The van der Waals surface area contributed by atoms with Crippen molar-refractivity contribution in [2.24, 2.45) is 5.73 Å². The molecule has 2 heterocycles. The zero-order valence-electron chi connectivity index (χ0n) is 19.7. The standard InChI is InChI=1S/C26H33N3O4/c1-17(30)22-14-19(24(32-2)16-25(22)33-3)6-10-28-11-8-21(9-12-28)29-13-7-18-4-5-20(26(27)31)15-23(18)29/h7,13-16,21H,4-6,8-12H2,1-3H3,(H2,27,31). The number of fused-ring (bicyclic) bond motifs is 1. The summed E-state index contributed by atoms with van der Waals surface area (Å²) in [5.74, 6) is 0.973. The van der Waals surface area contributed by atoms with E-state index < -0.39 is 0 Å². The highest BCUT2D eigenvalue weighted by Crippen LogP contribution is 2.33. The molecule has 1 aromatic heterocycles. The van der Waals surface area contributed by atoms with Gasteiger partial charge in [0.1, 0.15) is 11.5 Å². The number of carbonyl (C=O) groups is 2. The fraction of sp³-hybridized carbons (Fsp3) is 0.462. The molecule has 4 rings (SSSR count). The maximum atomic E-state index is 12.0. The highest BCUT2D eigenvalue weighted by molar-refractivity contribution is 5.97. The first-order valence-electron chi connectivity index (χ1n) is 11.6. The Morgan fingerprint density at radius 1 is 1.09 bits per heavy atom. The summed E-state index contributed by atoms with van der Waals surface area (Å²) in [4.78, 5) is 26.1. The molecule has 1 saturated heterocycles. The lowest BCUT2D eigenvalue weighted by molar-refractivity contribution is -0.114. The second-order valence-electron chi connectivity index (χ2n) is 8.91.